The van der Waals surface area contributed by atoms with Crippen LogP contribution in [0.2, 0.25) is 0 Å². The lowest BCUT2D eigenvalue weighted by Gasteiger charge is -2.29. The molecule has 5 amide bonds. The molecule has 1 aromatic rings. The number of Topliss-reactive ketones (excluding diaryl/α,β-unsaturated/α-hetero) is 5. The first-order valence-electron chi connectivity index (χ1n) is 39.5. The highest BCUT2D eigenvalue weighted by atomic mass is 16.5. The van der Waals surface area contributed by atoms with Crippen LogP contribution in [-0.4, -0.2) is 208 Å². The first-order valence-corrected chi connectivity index (χ1v) is 39.5. The molecule has 0 aromatic heterocycles. The summed E-state index contributed by atoms with van der Waals surface area (Å²) in [6, 6.07) is 3.48. The molecule has 1 heterocycles. The third kappa shape index (κ3) is 46.8. The number of phenols is 1. The van der Waals surface area contributed by atoms with E-state index in [-0.39, 0.29) is 111 Å². The number of phenolic OH excluding ortho intramolecular Hbond substituents is 1. The second-order valence-electron chi connectivity index (χ2n) is 28.7. The van der Waals surface area contributed by atoms with Crippen molar-refractivity contribution < 1.29 is 81.9 Å². The van der Waals surface area contributed by atoms with E-state index in [0.29, 0.717) is 122 Å². The summed E-state index contributed by atoms with van der Waals surface area (Å²) >= 11 is 0. The van der Waals surface area contributed by atoms with Gasteiger partial charge in [0.05, 0.1) is 69.7 Å². The molecule has 1 aliphatic heterocycles. The number of nitrogens with one attached hydrogen (secondary N) is 7. The van der Waals surface area contributed by atoms with Gasteiger partial charge in [-0.25, -0.2) is 0 Å². The van der Waals surface area contributed by atoms with Crippen LogP contribution in [0.4, 0.5) is 0 Å². The van der Waals surface area contributed by atoms with Gasteiger partial charge in [0.2, 0.25) is 29.5 Å². The molecule has 0 radical (unpaired) electrons. The van der Waals surface area contributed by atoms with E-state index in [1.54, 1.807) is 26.0 Å². The highest BCUT2D eigenvalue weighted by Crippen LogP contribution is 2.29. The zero-order valence-corrected chi connectivity index (χ0v) is 64.7. The Morgan fingerprint density at radius 2 is 1.13 bits per heavy atom. The van der Waals surface area contributed by atoms with Crippen molar-refractivity contribution in [3.05, 3.63) is 29.8 Å². The Morgan fingerprint density at radius 3 is 1.72 bits per heavy atom. The van der Waals surface area contributed by atoms with Crippen LogP contribution in [0.5, 0.6) is 5.75 Å². The van der Waals surface area contributed by atoms with Gasteiger partial charge in [0, 0.05) is 71.4 Å². The molecular formula is C79H136N8O17. The van der Waals surface area contributed by atoms with Crippen LogP contribution in [0.3, 0.4) is 0 Å². The number of hydrogen-bond donors (Lipinski definition) is 9. The molecule has 2 aliphatic rings. The van der Waals surface area contributed by atoms with Gasteiger partial charge in [0.1, 0.15) is 30.8 Å². The number of carbonyl (C=O) groups is 11. The van der Waals surface area contributed by atoms with Crippen molar-refractivity contribution >= 4 is 64.4 Å². The largest absolute Gasteiger partial charge is 0.508 e. The third-order valence-corrected chi connectivity index (χ3v) is 19.2. The van der Waals surface area contributed by atoms with Gasteiger partial charge in [0.25, 0.3) is 0 Å². The molecule has 1 aromatic carbocycles. The maximum absolute atomic E-state index is 13.8. The lowest BCUT2D eigenvalue weighted by molar-refractivity contribution is -0.137. The van der Waals surface area contributed by atoms with E-state index in [1.165, 1.54) is 103 Å². The highest BCUT2D eigenvalue weighted by Gasteiger charge is 2.35. The number of rotatable bonds is 63. The zero-order valence-electron chi connectivity index (χ0n) is 64.7. The topological polar surface area (TPSA) is 353 Å². The Balaban J connectivity index is 0.000000856. The number of carboxylic acids is 1. The van der Waals surface area contributed by atoms with Crippen LogP contribution in [-0.2, 0) is 78.1 Å². The summed E-state index contributed by atoms with van der Waals surface area (Å²) in [5.74, 6) is -1.59. The van der Waals surface area contributed by atoms with E-state index in [1.807, 2.05) is 25.7 Å². The third-order valence-electron chi connectivity index (χ3n) is 19.2. The zero-order chi connectivity index (χ0) is 76.6. The van der Waals surface area contributed by atoms with Crippen LogP contribution in [0.15, 0.2) is 24.3 Å². The standard InChI is InChI=1S/C49H80N6O13.C30H56N2O4/c1-7-9-15-40(52-31-46(62)49(5,6)54-48(64)42(53-36(4)57)29-37-18-20-38(58)21-19-37)44(60)30-51-41(45(61)32-55-23-12-17-43(55)35(3)56)16-10-11-22-50-47(63)34-68-28-26-66-24-13-14-39(59)33-67-27-25-65-8-2;1-2-31-30(36)27-23-21-26(22-24-27)25-32-28(33)19-17-15-13-11-9-7-5-3-4-6-8-10-12-14-16-18-20-29(34)35/h18-21,40-43,51-52,58H,7-17,22-34H2,1-6H3,(H,50,63)(H,53,57)(H,54,64);26-27H,2-25H2,1H3,(H,31,36)(H,32,33)(H,34,35)/t40-,41-,42-,43-;/m0./s1. The maximum atomic E-state index is 13.8. The van der Waals surface area contributed by atoms with Gasteiger partial charge in [-0.3, -0.25) is 57.6 Å². The molecule has 25 nitrogen and oxygen atoms in total. The molecule has 0 unspecified atom stereocenters. The fourth-order valence-corrected chi connectivity index (χ4v) is 12.9. The molecular weight excluding hydrogens is 1330 g/mol. The molecule has 104 heavy (non-hydrogen) atoms. The Bertz CT molecular complexity index is 2600. The average molecular weight is 1470 g/mol. The number of carboxylic acid groups (broad SMARTS) is 1. The molecule has 0 bridgehead atoms. The van der Waals surface area contributed by atoms with Gasteiger partial charge >= 0.3 is 5.97 Å². The molecule has 1 saturated carbocycles. The maximum Gasteiger partial charge on any atom is 0.303 e. The number of likely N-dealkylation sites (tertiary alicyclic amines) is 1. The number of amides is 5. The summed E-state index contributed by atoms with van der Waals surface area (Å²) in [7, 11) is 0. The van der Waals surface area contributed by atoms with Crippen LogP contribution < -0.4 is 37.2 Å². The van der Waals surface area contributed by atoms with E-state index < -0.39 is 47.2 Å². The van der Waals surface area contributed by atoms with Gasteiger partial charge in [-0.1, -0.05) is 122 Å². The summed E-state index contributed by atoms with van der Waals surface area (Å²) in [6.45, 7) is 16.1. The van der Waals surface area contributed by atoms with Crippen LogP contribution in [0, 0.1) is 11.8 Å². The number of benzene rings is 1. The van der Waals surface area contributed by atoms with E-state index in [0.717, 1.165) is 70.8 Å². The number of hydrogen-bond acceptors (Lipinski definition) is 19. The Morgan fingerprint density at radius 1 is 0.567 bits per heavy atom. The minimum atomic E-state index is -1.37. The molecule has 0 spiro atoms. The second kappa shape index (κ2) is 59.0. The summed E-state index contributed by atoms with van der Waals surface area (Å²) < 4.78 is 21.3. The highest BCUT2D eigenvalue weighted by molar-refractivity contribution is 5.96. The number of nitrogens with zero attached hydrogens (tertiary/aromatic N) is 1. The number of unbranched alkanes of at least 4 members (excludes halogenated alkanes) is 17. The summed E-state index contributed by atoms with van der Waals surface area (Å²) in [5, 5.41) is 38.8. The molecule has 25 heteroatoms. The van der Waals surface area contributed by atoms with Crippen molar-refractivity contribution in [3.63, 3.8) is 0 Å². The molecule has 594 valence electrons. The van der Waals surface area contributed by atoms with Gasteiger partial charge in [0.15, 0.2) is 23.1 Å². The van der Waals surface area contributed by atoms with Crippen LogP contribution >= 0.6 is 0 Å². The van der Waals surface area contributed by atoms with Gasteiger partial charge in [-0.15, -0.1) is 0 Å². The van der Waals surface area contributed by atoms with Crippen LogP contribution in [0.25, 0.3) is 0 Å². The predicted octanol–water partition coefficient (Wildman–Crippen LogP) is 9.08. The van der Waals surface area contributed by atoms with E-state index in [9.17, 15) is 57.8 Å². The number of ether oxygens (including phenoxy) is 4. The molecule has 9 N–H and O–H groups in total. The van der Waals surface area contributed by atoms with Gasteiger partial charge in [-0.05, 0) is 148 Å². The van der Waals surface area contributed by atoms with Crippen molar-refractivity contribution in [3.8, 4) is 5.75 Å². The molecule has 1 aliphatic carbocycles. The van der Waals surface area contributed by atoms with Crippen molar-refractivity contribution in [2.75, 3.05) is 98.7 Å². The Hall–Kier alpha value is -6.09. The number of ketones is 5. The monoisotopic (exact) mass is 1470 g/mol. The van der Waals surface area contributed by atoms with Crippen molar-refractivity contribution in [1.82, 2.24) is 42.1 Å². The molecule has 3 rings (SSSR count). The molecule has 4 atom stereocenters. The lowest BCUT2D eigenvalue weighted by Crippen LogP contribution is -2.59. The second-order valence-corrected chi connectivity index (χ2v) is 28.7. The van der Waals surface area contributed by atoms with E-state index >= 15 is 0 Å². The average Bonchev–Trinajstić information content (AvgIpc) is 1.48. The first-order chi connectivity index (χ1) is 50.0. The Kier molecular flexibility index (Phi) is 53.3. The number of aromatic hydroxyl groups is 1. The SMILES string of the molecule is CCCC[C@H](NCC(=O)C(C)(C)NC(=O)[C@H](Cc1ccc(O)cc1)NC(C)=O)C(=O)CN[C@@H](CCCCNC(=O)COCCOCCCC(=O)COCCOCC)C(=O)CN1CCC[C@H]1C(C)=O.CCNC(=O)C1CCC(CNC(=O)CCCCCCCCCCCCCCCCCCC(=O)O)CC1. The normalized spacial score (nSPS) is 16.1. The van der Waals surface area contributed by atoms with E-state index in [4.69, 9.17) is 24.1 Å². The number of aliphatic carboxylic acids is 1. The predicted molar refractivity (Wildman–Crippen MR) is 403 cm³/mol. The van der Waals surface area contributed by atoms with Gasteiger partial charge in [-0.2, -0.15) is 0 Å². The minimum Gasteiger partial charge on any atom is -0.508 e. The van der Waals surface area contributed by atoms with Gasteiger partial charge < -0.3 is 66.4 Å². The van der Waals surface area contributed by atoms with Crippen LogP contribution in [0.1, 0.15) is 259 Å². The summed E-state index contributed by atoms with van der Waals surface area (Å²) in [6.07, 6.45) is 30.6. The minimum absolute atomic E-state index is 0.00445. The fraction of sp³-hybridized carbons (Fsp3) is 0.785. The Labute approximate surface area is 621 Å². The summed E-state index contributed by atoms with van der Waals surface area (Å²) in [4.78, 5) is 139. The number of carbonyl (C=O) groups excluding carboxylic acids is 10. The van der Waals surface area contributed by atoms with E-state index in [2.05, 4.69) is 37.2 Å². The molecule has 2 fully saturated rings. The first kappa shape index (κ1) is 94.0. The smallest absolute Gasteiger partial charge is 0.303 e. The lowest BCUT2D eigenvalue weighted by atomic mass is 9.81. The summed E-state index contributed by atoms with van der Waals surface area (Å²) in [5.41, 5.74) is -0.682. The van der Waals surface area contributed by atoms with Crippen molar-refractivity contribution in [2.24, 2.45) is 11.8 Å². The fourth-order valence-electron chi connectivity index (χ4n) is 12.9. The van der Waals surface area contributed by atoms with Crippen molar-refractivity contribution in [1.29, 1.82) is 0 Å². The van der Waals surface area contributed by atoms with Crippen molar-refractivity contribution in [2.45, 2.75) is 290 Å². The quantitative estimate of drug-likeness (QED) is 0.0274. The molecule has 1 saturated heterocycles.